The summed E-state index contributed by atoms with van der Waals surface area (Å²) in [6.45, 7) is 5.90. The van der Waals surface area contributed by atoms with Crippen molar-refractivity contribution in [1.29, 1.82) is 5.26 Å². The summed E-state index contributed by atoms with van der Waals surface area (Å²) in [5.74, 6) is -0.874. The molecule has 2 amide bonds. The fourth-order valence-corrected chi connectivity index (χ4v) is 1.47. The van der Waals surface area contributed by atoms with E-state index >= 15 is 0 Å². The van der Waals surface area contributed by atoms with Crippen molar-refractivity contribution < 1.29 is 14.7 Å². The quantitative estimate of drug-likeness (QED) is 0.722. The molecule has 1 unspecified atom stereocenters. The average molecular weight is 255 g/mol. The van der Waals surface area contributed by atoms with Crippen molar-refractivity contribution in [2.45, 2.75) is 52.1 Å². The lowest BCUT2D eigenvalue weighted by atomic mass is 10.2. The van der Waals surface area contributed by atoms with Gasteiger partial charge in [-0.25, -0.2) is 4.79 Å². The molecule has 0 aliphatic carbocycles. The molecule has 18 heavy (non-hydrogen) atoms. The first-order valence-corrected chi connectivity index (χ1v) is 6.04. The van der Waals surface area contributed by atoms with Gasteiger partial charge in [-0.3, -0.25) is 4.79 Å². The van der Waals surface area contributed by atoms with Crippen LogP contribution < -0.4 is 5.32 Å². The third-order valence-corrected chi connectivity index (χ3v) is 2.51. The Balaban J connectivity index is 4.24. The van der Waals surface area contributed by atoms with Gasteiger partial charge >= 0.3 is 12.0 Å². The summed E-state index contributed by atoms with van der Waals surface area (Å²) in [6, 6.07) is 1.56. The normalized spacial score (nSPS) is 11.7. The molecule has 0 aliphatic heterocycles. The second-order valence-corrected chi connectivity index (χ2v) is 4.48. The number of aliphatic carboxylic acids is 1. The Kier molecular flexibility index (Phi) is 7.52. The lowest BCUT2D eigenvalue weighted by Gasteiger charge is -2.27. The molecule has 6 heteroatoms. The molecule has 0 bridgehead atoms. The van der Waals surface area contributed by atoms with Crippen molar-refractivity contribution in [3.8, 4) is 6.07 Å². The predicted molar refractivity (Wildman–Crippen MR) is 66.9 cm³/mol. The van der Waals surface area contributed by atoms with E-state index in [1.165, 1.54) is 0 Å². The number of nitrogens with zero attached hydrogens (tertiary/aromatic N) is 2. The summed E-state index contributed by atoms with van der Waals surface area (Å²) in [7, 11) is 0. The van der Waals surface area contributed by atoms with Crippen LogP contribution in [0.4, 0.5) is 4.79 Å². The monoisotopic (exact) mass is 255 g/mol. The van der Waals surface area contributed by atoms with Gasteiger partial charge in [0.05, 0.1) is 12.5 Å². The Labute approximate surface area is 108 Å². The van der Waals surface area contributed by atoms with Crippen LogP contribution in [0.1, 0.15) is 40.0 Å². The minimum absolute atomic E-state index is 0.00465. The van der Waals surface area contributed by atoms with Gasteiger partial charge in [0.15, 0.2) is 0 Å². The highest BCUT2D eigenvalue weighted by atomic mass is 16.4. The van der Waals surface area contributed by atoms with Crippen LogP contribution >= 0.6 is 0 Å². The molecule has 1 atom stereocenters. The van der Waals surface area contributed by atoms with Crippen molar-refractivity contribution in [3.05, 3.63) is 0 Å². The molecular weight excluding hydrogens is 234 g/mol. The number of carbonyl (C=O) groups is 2. The largest absolute Gasteiger partial charge is 0.481 e. The number of urea groups is 1. The van der Waals surface area contributed by atoms with Gasteiger partial charge in [0.25, 0.3) is 0 Å². The summed E-state index contributed by atoms with van der Waals surface area (Å²) < 4.78 is 0. The van der Waals surface area contributed by atoms with Crippen LogP contribution in [0.5, 0.6) is 0 Å². The Morgan fingerprint density at radius 1 is 1.39 bits per heavy atom. The number of hydrogen-bond donors (Lipinski definition) is 2. The zero-order valence-corrected chi connectivity index (χ0v) is 11.1. The van der Waals surface area contributed by atoms with E-state index in [0.717, 1.165) is 0 Å². The van der Waals surface area contributed by atoms with E-state index in [1.807, 2.05) is 19.9 Å². The molecule has 0 saturated carbocycles. The van der Waals surface area contributed by atoms with E-state index in [1.54, 1.807) is 11.8 Å². The predicted octanol–water partition coefficient (Wildman–Crippen LogP) is 1.57. The van der Waals surface area contributed by atoms with Crippen LogP contribution in [-0.2, 0) is 4.79 Å². The van der Waals surface area contributed by atoms with E-state index in [2.05, 4.69) is 5.32 Å². The number of hydrogen-bond acceptors (Lipinski definition) is 3. The zero-order valence-electron chi connectivity index (χ0n) is 11.1. The molecule has 0 saturated heterocycles. The first-order chi connectivity index (χ1) is 8.38. The van der Waals surface area contributed by atoms with E-state index < -0.39 is 5.97 Å². The molecular formula is C12H21N3O3. The number of carbonyl (C=O) groups excluding carboxylic acids is 1. The van der Waals surface area contributed by atoms with Gasteiger partial charge in [-0.05, 0) is 27.2 Å². The Morgan fingerprint density at radius 3 is 2.44 bits per heavy atom. The standard InChI is InChI=1S/C12H21N3O3/c1-9(2)15(8-4-7-13)12(18)14-10(3)5-6-11(16)17/h9-10H,4-6,8H2,1-3H3,(H,14,18)(H,16,17). The van der Waals surface area contributed by atoms with Crippen molar-refractivity contribution >= 4 is 12.0 Å². The number of carboxylic acids is 1. The smallest absolute Gasteiger partial charge is 0.317 e. The molecule has 0 aromatic rings. The highest BCUT2D eigenvalue weighted by Crippen LogP contribution is 2.03. The maximum absolute atomic E-state index is 11.9. The van der Waals surface area contributed by atoms with Crippen molar-refractivity contribution in [3.63, 3.8) is 0 Å². The van der Waals surface area contributed by atoms with Crippen LogP contribution in [0.3, 0.4) is 0 Å². The van der Waals surface area contributed by atoms with E-state index in [0.29, 0.717) is 13.0 Å². The van der Waals surface area contributed by atoms with Crippen LogP contribution in [-0.4, -0.2) is 40.6 Å². The number of nitrogens with one attached hydrogen (secondary N) is 1. The fraction of sp³-hybridized carbons (Fsp3) is 0.750. The molecule has 0 radical (unpaired) electrons. The fourth-order valence-electron chi connectivity index (χ4n) is 1.47. The summed E-state index contributed by atoms with van der Waals surface area (Å²) >= 11 is 0. The summed E-state index contributed by atoms with van der Waals surface area (Å²) in [5.41, 5.74) is 0. The molecule has 6 nitrogen and oxygen atoms in total. The molecule has 102 valence electrons. The van der Waals surface area contributed by atoms with Gasteiger partial charge in [-0.1, -0.05) is 0 Å². The molecule has 0 rings (SSSR count). The van der Waals surface area contributed by atoms with Gasteiger partial charge < -0.3 is 15.3 Å². The highest BCUT2D eigenvalue weighted by molar-refractivity contribution is 5.75. The second kappa shape index (κ2) is 8.34. The maximum atomic E-state index is 11.9. The molecule has 0 spiro atoms. The number of rotatable bonds is 7. The molecule has 0 aromatic heterocycles. The van der Waals surface area contributed by atoms with Crippen molar-refractivity contribution in [2.75, 3.05) is 6.54 Å². The summed E-state index contributed by atoms with van der Waals surface area (Å²) in [6.07, 6.45) is 0.710. The van der Waals surface area contributed by atoms with Gasteiger partial charge in [0.1, 0.15) is 0 Å². The third kappa shape index (κ3) is 6.74. The van der Waals surface area contributed by atoms with E-state index in [4.69, 9.17) is 10.4 Å². The van der Waals surface area contributed by atoms with Crippen LogP contribution in [0.15, 0.2) is 0 Å². The lowest BCUT2D eigenvalue weighted by molar-refractivity contribution is -0.137. The minimum atomic E-state index is -0.874. The van der Waals surface area contributed by atoms with Gasteiger partial charge in [-0.2, -0.15) is 5.26 Å². The molecule has 0 aliphatic rings. The lowest BCUT2D eigenvalue weighted by Crippen LogP contribution is -2.47. The minimum Gasteiger partial charge on any atom is -0.481 e. The van der Waals surface area contributed by atoms with Gasteiger partial charge in [-0.15, -0.1) is 0 Å². The van der Waals surface area contributed by atoms with Gasteiger partial charge in [0.2, 0.25) is 0 Å². The SMILES string of the molecule is CC(CCC(=O)O)NC(=O)N(CCC#N)C(C)C. The average Bonchev–Trinajstić information content (AvgIpc) is 2.26. The second-order valence-electron chi connectivity index (χ2n) is 4.48. The maximum Gasteiger partial charge on any atom is 0.317 e. The number of nitriles is 1. The van der Waals surface area contributed by atoms with Crippen molar-refractivity contribution in [2.24, 2.45) is 0 Å². The number of carboxylic acid groups (broad SMARTS) is 1. The van der Waals surface area contributed by atoms with Crippen LogP contribution in [0.25, 0.3) is 0 Å². The molecule has 0 heterocycles. The summed E-state index contributed by atoms with van der Waals surface area (Å²) in [5, 5.41) is 19.8. The van der Waals surface area contributed by atoms with E-state index in [-0.39, 0.29) is 31.0 Å². The van der Waals surface area contributed by atoms with Crippen molar-refractivity contribution in [1.82, 2.24) is 10.2 Å². The topological polar surface area (TPSA) is 93.4 Å². The summed E-state index contributed by atoms with van der Waals surface area (Å²) in [4.78, 5) is 23.9. The highest BCUT2D eigenvalue weighted by Gasteiger charge is 2.18. The molecule has 0 fully saturated rings. The molecule has 2 N–H and O–H groups in total. The Morgan fingerprint density at radius 2 is 2.00 bits per heavy atom. The van der Waals surface area contributed by atoms with Crippen LogP contribution in [0.2, 0.25) is 0 Å². The third-order valence-electron chi connectivity index (χ3n) is 2.51. The zero-order chi connectivity index (χ0) is 14.1. The number of amides is 2. The van der Waals surface area contributed by atoms with E-state index in [9.17, 15) is 9.59 Å². The molecule has 0 aromatic carbocycles. The van der Waals surface area contributed by atoms with Crippen LogP contribution in [0, 0.1) is 11.3 Å². The first-order valence-electron chi connectivity index (χ1n) is 6.04. The first kappa shape index (κ1) is 16.2. The Hall–Kier alpha value is -1.77. The Bertz CT molecular complexity index is 323. The van der Waals surface area contributed by atoms with Gasteiger partial charge in [0, 0.05) is 25.0 Å².